The Hall–Kier alpha value is -2.95. The summed E-state index contributed by atoms with van der Waals surface area (Å²) in [6.45, 7) is 4.34. The second-order valence-corrected chi connectivity index (χ2v) is 10.4. The average molecular weight is 530 g/mol. The topological polar surface area (TPSA) is 106 Å². The van der Waals surface area contributed by atoms with Crippen LogP contribution in [0.15, 0.2) is 30.3 Å². The summed E-state index contributed by atoms with van der Waals surface area (Å²) in [6.07, 6.45) is 2.44. The van der Waals surface area contributed by atoms with Crippen LogP contribution in [0.25, 0.3) is 11.1 Å². The lowest BCUT2D eigenvalue weighted by molar-refractivity contribution is -0.148. The third kappa shape index (κ3) is 6.49. The monoisotopic (exact) mass is 529 g/mol. The van der Waals surface area contributed by atoms with E-state index in [4.69, 9.17) is 9.47 Å². The van der Waals surface area contributed by atoms with Crippen molar-refractivity contribution in [3.05, 3.63) is 45.6 Å². The van der Waals surface area contributed by atoms with Gasteiger partial charge >= 0.3 is 12.1 Å². The van der Waals surface area contributed by atoms with E-state index in [1.54, 1.807) is 17.4 Å². The number of benzene rings is 1. The van der Waals surface area contributed by atoms with Gasteiger partial charge < -0.3 is 29.7 Å². The second-order valence-electron chi connectivity index (χ2n) is 9.26. The Bertz CT molecular complexity index is 1110. The molecule has 1 saturated heterocycles. The highest BCUT2D eigenvalue weighted by Gasteiger charge is 2.40. The molecular formula is C27H35N3O6S. The SMILES string of the molecule is COC(=O)NCCCc1sc([C@@H](C)N(C(=O)[C@H]2CNCCO2)C2CC2)cc1-c1ccccc1C(=O)OC. The van der Waals surface area contributed by atoms with E-state index in [2.05, 4.69) is 28.4 Å². The van der Waals surface area contributed by atoms with Crippen molar-refractivity contribution in [1.82, 2.24) is 15.5 Å². The van der Waals surface area contributed by atoms with Crippen LogP contribution < -0.4 is 10.6 Å². The first kappa shape index (κ1) is 27.1. The Morgan fingerprint density at radius 1 is 1.19 bits per heavy atom. The fourth-order valence-electron chi connectivity index (χ4n) is 4.65. The zero-order valence-electron chi connectivity index (χ0n) is 21.6. The first-order valence-corrected chi connectivity index (χ1v) is 13.5. The van der Waals surface area contributed by atoms with Crippen LogP contribution in [-0.4, -0.2) is 75.5 Å². The number of carbonyl (C=O) groups excluding carboxylic acids is 3. The Morgan fingerprint density at radius 3 is 2.65 bits per heavy atom. The van der Waals surface area contributed by atoms with Gasteiger partial charge in [-0.3, -0.25) is 4.79 Å². The molecule has 1 aliphatic carbocycles. The minimum absolute atomic E-state index is 0.0240. The van der Waals surface area contributed by atoms with Crippen LogP contribution in [-0.2, 0) is 25.4 Å². The Labute approximate surface area is 221 Å². The van der Waals surface area contributed by atoms with E-state index < -0.39 is 18.2 Å². The molecule has 2 atom stereocenters. The Kier molecular flexibility index (Phi) is 9.18. The molecule has 0 radical (unpaired) electrons. The van der Waals surface area contributed by atoms with E-state index in [0.29, 0.717) is 38.1 Å². The molecule has 0 spiro atoms. The number of ether oxygens (including phenoxy) is 3. The number of aryl methyl sites for hydroxylation is 1. The van der Waals surface area contributed by atoms with Gasteiger partial charge in [0.15, 0.2) is 0 Å². The van der Waals surface area contributed by atoms with Crippen molar-refractivity contribution < 1.29 is 28.6 Å². The standard InChI is InChI=1S/C27H35N3O6S/c1-17(30(18-10-11-18)25(31)22-16-28-13-14-36-22)24-15-21(19-7-4-5-8-20(19)26(32)34-2)23(37-24)9-6-12-29-27(33)35-3/h4-5,7-8,15,17-18,22,28H,6,9-14,16H2,1-3H3,(H,29,33)/t17-,22-/m1/s1. The van der Waals surface area contributed by atoms with Crippen molar-refractivity contribution in [3.8, 4) is 11.1 Å². The highest BCUT2D eigenvalue weighted by Crippen LogP contribution is 2.42. The summed E-state index contributed by atoms with van der Waals surface area (Å²) in [5, 5.41) is 5.97. The number of amides is 2. The van der Waals surface area contributed by atoms with Crippen molar-refractivity contribution in [3.63, 3.8) is 0 Å². The molecule has 0 unspecified atom stereocenters. The van der Waals surface area contributed by atoms with E-state index in [9.17, 15) is 14.4 Å². The van der Waals surface area contributed by atoms with E-state index in [0.717, 1.165) is 40.3 Å². The van der Waals surface area contributed by atoms with Crippen molar-refractivity contribution in [2.45, 2.75) is 50.8 Å². The van der Waals surface area contributed by atoms with E-state index in [-0.39, 0.29) is 18.0 Å². The minimum atomic E-state index is -0.472. The summed E-state index contributed by atoms with van der Waals surface area (Å²) < 4.78 is 15.5. The molecule has 10 heteroatoms. The largest absolute Gasteiger partial charge is 0.465 e. The summed E-state index contributed by atoms with van der Waals surface area (Å²) in [5.74, 6) is -0.373. The van der Waals surface area contributed by atoms with E-state index in [1.165, 1.54) is 14.2 Å². The lowest BCUT2D eigenvalue weighted by Gasteiger charge is -2.33. The smallest absolute Gasteiger partial charge is 0.406 e. The number of rotatable bonds is 10. The maximum atomic E-state index is 13.5. The number of carbonyl (C=O) groups is 3. The van der Waals surface area contributed by atoms with Gasteiger partial charge in [-0.2, -0.15) is 0 Å². The zero-order chi connectivity index (χ0) is 26.4. The average Bonchev–Trinajstić information content (AvgIpc) is 3.68. The molecule has 4 rings (SSSR count). The number of nitrogens with zero attached hydrogens (tertiary/aromatic N) is 1. The number of methoxy groups -OCH3 is 2. The number of alkyl carbamates (subject to hydrolysis) is 1. The number of hydrogen-bond acceptors (Lipinski definition) is 8. The summed E-state index contributed by atoms with van der Waals surface area (Å²) in [7, 11) is 2.71. The van der Waals surface area contributed by atoms with Gasteiger partial charge in [-0.15, -0.1) is 11.3 Å². The van der Waals surface area contributed by atoms with Crippen LogP contribution >= 0.6 is 11.3 Å². The Balaban J connectivity index is 1.64. The minimum Gasteiger partial charge on any atom is -0.465 e. The maximum Gasteiger partial charge on any atom is 0.406 e. The number of thiophene rings is 1. The van der Waals surface area contributed by atoms with Crippen LogP contribution in [0.3, 0.4) is 0 Å². The predicted octanol–water partition coefficient (Wildman–Crippen LogP) is 3.53. The molecule has 2 amide bonds. The third-order valence-electron chi connectivity index (χ3n) is 6.71. The Morgan fingerprint density at radius 2 is 1.97 bits per heavy atom. The molecule has 1 aliphatic heterocycles. The summed E-state index contributed by atoms with van der Waals surface area (Å²) in [4.78, 5) is 41.6. The van der Waals surface area contributed by atoms with Gasteiger partial charge in [0, 0.05) is 35.4 Å². The normalized spacial score (nSPS) is 18.1. The molecule has 1 aromatic heterocycles. The van der Waals surface area contributed by atoms with Crippen LogP contribution in [0, 0.1) is 0 Å². The van der Waals surface area contributed by atoms with Gasteiger partial charge in [0.2, 0.25) is 0 Å². The molecule has 2 aliphatic rings. The van der Waals surface area contributed by atoms with Gasteiger partial charge in [-0.1, -0.05) is 18.2 Å². The molecule has 37 heavy (non-hydrogen) atoms. The number of hydrogen-bond donors (Lipinski definition) is 2. The molecule has 1 aromatic carbocycles. The fourth-order valence-corrected chi connectivity index (χ4v) is 5.92. The van der Waals surface area contributed by atoms with Crippen LogP contribution in [0.1, 0.15) is 52.3 Å². The number of esters is 1. The van der Waals surface area contributed by atoms with Crippen LogP contribution in [0.4, 0.5) is 4.79 Å². The van der Waals surface area contributed by atoms with Crippen LogP contribution in [0.2, 0.25) is 0 Å². The van der Waals surface area contributed by atoms with E-state index in [1.807, 2.05) is 23.1 Å². The molecule has 200 valence electrons. The lowest BCUT2D eigenvalue weighted by atomic mass is 9.98. The van der Waals surface area contributed by atoms with Gasteiger partial charge in [-0.05, 0) is 55.9 Å². The number of morpholine rings is 1. The van der Waals surface area contributed by atoms with Gasteiger partial charge in [0.05, 0.1) is 32.4 Å². The van der Waals surface area contributed by atoms with Crippen LogP contribution in [0.5, 0.6) is 0 Å². The fraction of sp³-hybridized carbons (Fsp3) is 0.519. The zero-order valence-corrected chi connectivity index (χ0v) is 22.4. The summed E-state index contributed by atoms with van der Waals surface area (Å²) in [5.41, 5.74) is 2.24. The summed E-state index contributed by atoms with van der Waals surface area (Å²) in [6, 6.07) is 9.58. The van der Waals surface area contributed by atoms with Crippen molar-refractivity contribution in [1.29, 1.82) is 0 Å². The van der Waals surface area contributed by atoms with Crippen molar-refractivity contribution in [2.24, 2.45) is 0 Å². The second kappa shape index (κ2) is 12.5. The molecule has 2 aromatic rings. The van der Waals surface area contributed by atoms with Gasteiger partial charge in [0.25, 0.3) is 5.91 Å². The lowest BCUT2D eigenvalue weighted by Crippen LogP contribution is -2.50. The molecule has 9 nitrogen and oxygen atoms in total. The molecular weight excluding hydrogens is 494 g/mol. The quantitative estimate of drug-likeness (QED) is 0.358. The van der Waals surface area contributed by atoms with Crippen molar-refractivity contribution in [2.75, 3.05) is 40.5 Å². The summed E-state index contributed by atoms with van der Waals surface area (Å²) >= 11 is 1.65. The number of nitrogens with one attached hydrogen (secondary N) is 2. The first-order chi connectivity index (χ1) is 17.9. The molecule has 0 bridgehead atoms. The molecule has 2 N–H and O–H groups in total. The maximum absolute atomic E-state index is 13.5. The third-order valence-corrected chi connectivity index (χ3v) is 8.08. The molecule has 2 heterocycles. The molecule has 1 saturated carbocycles. The van der Waals surface area contributed by atoms with Gasteiger partial charge in [0.1, 0.15) is 6.10 Å². The van der Waals surface area contributed by atoms with E-state index >= 15 is 0 Å². The molecule has 2 fully saturated rings. The first-order valence-electron chi connectivity index (χ1n) is 12.7. The van der Waals surface area contributed by atoms with Gasteiger partial charge in [-0.25, -0.2) is 9.59 Å². The van der Waals surface area contributed by atoms with Crippen molar-refractivity contribution >= 4 is 29.3 Å². The highest BCUT2D eigenvalue weighted by molar-refractivity contribution is 7.12. The predicted molar refractivity (Wildman–Crippen MR) is 141 cm³/mol. The highest BCUT2D eigenvalue weighted by atomic mass is 32.1.